The fourth-order valence-corrected chi connectivity index (χ4v) is 2.99. The van der Waals surface area contributed by atoms with Crippen molar-refractivity contribution in [2.24, 2.45) is 0 Å². The summed E-state index contributed by atoms with van der Waals surface area (Å²) in [5, 5.41) is 8.35. The molecule has 0 fully saturated rings. The third kappa shape index (κ3) is 1.40. The fourth-order valence-electron chi connectivity index (χ4n) is 2.72. The number of rotatable bonds is 0. The Morgan fingerprint density at radius 3 is 2.06 bits per heavy atom. The van der Waals surface area contributed by atoms with Crippen LogP contribution in [-0.4, -0.2) is 0 Å². The summed E-state index contributed by atoms with van der Waals surface area (Å²) in [6, 6.07) is 19.1. The standard InChI is InChI=1S/C16H9Cl.ClH/c17-14-9-12-5-1-3-10-7-8-11-4-2-6-13(14)16(11)15(10)12;/h1-9H;1H. The average Bonchev–Trinajstić information content (AvgIpc) is 2.37. The molecule has 2 heteroatoms. The Labute approximate surface area is 116 Å². The van der Waals surface area contributed by atoms with Crippen molar-refractivity contribution in [1.29, 1.82) is 0 Å². The minimum Gasteiger partial charge on any atom is -0.147 e. The van der Waals surface area contributed by atoms with Crippen molar-refractivity contribution in [1.82, 2.24) is 0 Å². The van der Waals surface area contributed by atoms with Gasteiger partial charge in [-0.1, -0.05) is 60.1 Å². The first-order valence-corrected chi connectivity index (χ1v) is 6.04. The monoisotopic (exact) mass is 272 g/mol. The summed E-state index contributed by atoms with van der Waals surface area (Å²) in [4.78, 5) is 0. The molecular formula is C16H10Cl2. The molecule has 0 nitrogen and oxygen atoms in total. The van der Waals surface area contributed by atoms with E-state index in [1.807, 2.05) is 0 Å². The van der Waals surface area contributed by atoms with Gasteiger partial charge in [0.25, 0.3) is 0 Å². The highest BCUT2D eigenvalue weighted by atomic mass is 35.5. The highest BCUT2D eigenvalue weighted by molar-refractivity contribution is 6.39. The molecule has 4 rings (SSSR count). The highest BCUT2D eigenvalue weighted by Crippen LogP contribution is 2.37. The van der Waals surface area contributed by atoms with Gasteiger partial charge < -0.3 is 0 Å². The topological polar surface area (TPSA) is 0 Å². The SMILES string of the molecule is Cl.Clc1cc2cccc3ccc4cccc1c4c32. The lowest BCUT2D eigenvalue weighted by Crippen LogP contribution is -1.83. The lowest BCUT2D eigenvalue weighted by atomic mass is 9.94. The maximum Gasteiger partial charge on any atom is 0.0491 e. The van der Waals surface area contributed by atoms with Crippen LogP contribution in [0.1, 0.15) is 0 Å². The van der Waals surface area contributed by atoms with E-state index in [-0.39, 0.29) is 12.4 Å². The fraction of sp³-hybridized carbons (Fsp3) is 0. The molecule has 0 N–H and O–H groups in total. The molecule has 18 heavy (non-hydrogen) atoms. The summed E-state index contributed by atoms with van der Waals surface area (Å²) in [5.41, 5.74) is 0. The van der Waals surface area contributed by atoms with Gasteiger partial charge in [0, 0.05) is 10.4 Å². The van der Waals surface area contributed by atoms with Crippen LogP contribution in [0.15, 0.2) is 54.6 Å². The molecule has 0 radical (unpaired) electrons. The van der Waals surface area contributed by atoms with Crippen molar-refractivity contribution < 1.29 is 0 Å². The lowest BCUT2D eigenvalue weighted by molar-refractivity contribution is 1.78. The van der Waals surface area contributed by atoms with Crippen LogP contribution >= 0.6 is 24.0 Å². The number of hydrogen-bond donors (Lipinski definition) is 0. The number of halogens is 2. The van der Waals surface area contributed by atoms with Gasteiger partial charge in [-0.3, -0.25) is 0 Å². The van der Waals surface area contributed by atoms with Gasteiger partial charge >= 0.3 is 0 Å². The molecule has 0 bridgehead atoms. The second-order valence-corrected chi connectivity index (χ2v) is 4.81. The van der Waals surface area contributed by atoms with E-state index in [2.05, 4.69) is 54.6 Å². The van der Waals surface area contributed by atoms with Crippen molar-refractivity contribution >= 4 is 56.3 Å². The van der Waals surface area contributed by atoms with Crippen LogP contribution in [0.2, 0.25) is 5.02 Å². The van der Waals surface area contributed by atoms with E-state index >= 15 is 0 Å². The van der Waals surface area contributed by atoms with Gasteiger partial charge in [0.15, 0.2) is 0 Å². The van der Waals surface area contributed by atoms with E-state index in [4.69, 9.17) is 11.6 Å². The Hall–Kier alpha value is -1.50. The molecule has 0 aliphatic heterocycles. The zero-order valence-corrected chi connectivity index (χ0v) is 11.1. The first-order chi connectivity index (χ1) is 8.34. The summed E-state index contributed by atoms with van der Waals surface area (Å²) in [5.74, 6) is 0. The van der Waals surface area contributed by atoms with Gasteiger partial charge in [-0.25, -0.2) is 0 Å². The van der Waals surface area contributed by atoms with Gasteiger partial charge in [0.1, 0.15) is 0 Å². The number of hydrogen-bond acceptors (Lipinski definition) is 0. The van der Waals surface area contributed by atoms with Crippen LogP contribution < -0.4 is 0 Å². The zero-order valence-electron chi connectivity index (χ0n) is 9.48. The molecule has 0 aliphatic rings. The lowest BCUT2D eigenvalue weighted by Gasteiger charge is -2.11. The molecule has 0 saturated carbocycles. The van der Waals surface area contributed by atoms with Crippen molar-refractivity contribution in [2.75, 3.05) is 0 Å². The second-order valence-electron chi connectivity index (χ2n) is 4.41. The van der Waals surface area contributed by atoms with Crippen LogP contribution in [0.25, 0.3) is 32.3 Å². The largest absolute Gasteiger partial charge is 0.147 e. The van der Waals surface area contributed by atoms with E-state index in [0.29, 0.717) is 0 Å². The predicted octanol–water partition coefficient (Wildman–Crippen LogP) is 5.66. The Bertz CT molecular complexity index is 849. The summed E-state index contributed by atoms with van der Waals surface area (Å²) >= 11 is 6.36. The van der Waals surface area contributed by atoms with Crippen molar-refractivity contribution in [3.8, 4) is 0 Å². The maximum atomic E-state index is 6.36. The normalized spacial score (nSPS) is 11.2. The second kappa shape index (κ2) is 4.01. The van der Waals surface area contributed by atoms with E-state index in [9.17, 15) is 0 Å². The molecule has 0 aliphatic carbocycles. The molecule has 0 aromatic heterocycles. The first-order valence-electron chi connectivity index (χ1n) is 5.67. The van der Waals surface area contributed by atoms with Crippen LogP contribution in [0, 0.1) is 0 Å². The summed E-state index contributed by atoms with van der Waals surface area (Å²) in [6.07, 6.45) is 0. The van der Waals surface area contributed by atoms with E-state index in [0.717, 1.165) is 10.4 Å². The Morgan fingerprint density at radius 1 is 0.667 bits per heavy atom. The van der Waals surface area contributed by atoms with Crippen molar-refractivity contribution in [2.45, 2.75) is 0 Å². The first kappa shape index (κ1) is 11.6. The van der Waals surface area contributed by atoms with Gasteiger partial charge in [0.2, 0.25) is 0 Å². The van der Waals surface area contributed by atoms with Crippen LogP contribution in [0.5, 0.6) is 0 Å². The highest BCUT2D eigenvalue weighted by Gasteiger charge is 2.09. The van der Waals surface area contributed by atoms with E-state index in [1.54, 1.807) is 0 Å². The molecule has 0 unspecified atom stereocenters. The van der Waals surface area contributed by atoms with Crippen molar-refractivity contribution in [3.05, 3.63) is 59.6 Å². The minimum absolute atomic E-state index is 0. The summed E-state index contributed by atoms with van der Waals surface area (Å²) in [6.45, 7) is 0. The van der Waals surface area contributed by atoms with Crippen LogP contribution in [0.4, 0.5) is 0 Å². The molecular weight excluding hydrogens is 263 g/mol. The Morgan fingerprint density at radius 2 is 1.28 bits per heavy atom. The van der Waals surface area contributed by atoms with E-state index in [1.165, 1.54) is 26.9 Å². The zero-order chi connectivity index (χ0) is 11.4. The summed E-state index contributed by atoms with van der Waals surface area (Å²) < 4.78 is 0. The molecule has 88 valence electrons. The average molecular weight is 273 g/mol. The smallest absolute Gasteiger partial charge is 0.0491 e. The van der Waals surface area contributed by atoms with Crippen LogP contribution in [-0.2, 0) is 0 Å². The molecule has 0 amide bonds. The summed E-state index contributed by atoms with van der Waals surface area (Å²) in [7, 11) is 0. The van der Waals surface area contributed by atoms with Gasteiger partial charge in [-0.2, -0.15) is 0 Å². The van der Waals surface area contributed by atoms with Gasteiger partial charge in [0.05, 0.1) is 0 Å². The third-order valence-corrected chi connectivity index (χ3v) is 3.77. The maximum absolute atomic E-state index is 6.36. The van der Waals surface area contributed by atoms with E-state index < -0.39 is 0 Å². The van der Waals surface area contributed by atoms with Gasteiger partial charge in [-0.05, 0) is 33.0 Å². The quantitative estimate of drug-likeness (QED) is 0.363. The number of benzene rings is 4. The molecule has 0 atom stereocenters. The molecule has 4 aromatic rings. The van der Waals surface area contributed by atoms with Gasteiger partial charge in [-0.15, -0.1) is 12.4 Å². The van der Waals surface area contributed by atoms with Crippen LogP contribution in [0.3, 0.4) is 0 Å². The molecule has 4 aromatic carbocycles. The predicted molar refractivity (Wildman–Crippen MR) is 82.4 cm³/mol. The third-order valence-electron chi connectivity index (χ3n) is 3.46. The Kier molecular flexibility index (Phi) is 2.58. The molecule has 0 saturated heterocycles. The molecule has 0 spiro atoms. The Balaban J connectivity index is 0.000001000. The van der Waals surface area contributed by atoms with Crippen molar-refractivity contribution in [3.63, 3.8) is 0 Å². The molecule has 0 heterocycles. The minimum atomic E-state index is 0.